The molecule has 1 N–H and O–H groups in total. The molecule has 2 rings (SSSR count). The van der Waals surface area contributed by atoms with Crippen LogP contribution >= 0.6 is 11.6 Å². The fourth-order valence-corrected chi connectivity index (χ4v) is 1.75. The Morgan fingerprint density at radius 2 is 2.46 bits per heavy atom. The maximum absolute atomic E-state index is 10.7. The van der Waals surface area contributed by atoms with E-state index in [9.17, 15) is 4.79 Å². The Balaban J connectivity index is 2.24. The molecule has 0 radical (unpaired) electrons. The molecule has 1 unspecified atom stereocenters. The van der Waals surface area contributed by atoms with Gasteiger partial charge < -0.3 is 9.52 Å². The van der Waals surface area contributed by atoms with Crippen molar-refractivity contribution in [3.05, 3.63) is 16.8 Å². The van der Waals surface area contributed by atoms with Crippen LogP contribution in [-0.4, -0.2) is 16.1 Å². The molecule has 1 aliphatic carbocycles. The summed E-state index contributed by atoms with van der Waals surface area (Å²) in [6.45, 7) is 0. The number of hydrogen-bond donors (Lipinski definition) is 1. The first-order chi connectivity index (χ1) is 6.16. The molecule has 0 fully saturated rings. The summed E-state index contributed by atoms with van der Waals surface area (Å²) in [6, 6.07) is 0. The van der Waals surface area contributed by atoms with Crippen molar-refractivity contribution in [2.24, 2.45) is 5.92 Å². The molecule has 0 spiro atoms. The minimum Gasteiger partial charge on any atom is -0.481 e. The van der Waals surface area contributed by atoms with Gasteiger partial charge in [-0.15, -0.1) is 0 Å². The maximum atomic E-state index is 10.7. The van der Waals surface area contributed by atoms with Crippen molar-refractivity contribution < 1.29 is 14.3 Å². The van der Waals surface area contributed by atoms with Gasteiger partial charge >= 0.3 is 5.97 Å². The number of carbonyl (C=O) groups is 1. The molecule has 0 aliphatic heterocycles. The van der Waals surface area contributed by atoms with Crippen molar-refractivity contribution in [2.75, 3.05) is 0 Å². The highest BCUT2D eigenvalue weighted by atomic mass is 35.5. The first-order valence-electron chi connectivity index (χ1n) is 4.03. The average molecular weight is 202 g/mol. The molecule has 1 atom stereocenters. The smallest absolute Gasteiger partial charge is 0.306 e. The lowest BCUT2D eigenvalue weighted by atomic mass is 9.91. The van der Waals surface area contributed by atoms with Gasteiger partial charge in [-0.3, -0.25) is 4.79 Å². The van der Waals surface area contributed by atoms with Gasteiger partial charge in [-0.05, 0) is 24.4 Å². The van der Waals surface area contributed by atoms with E-state index in [-0.39, 0.29) is 11.3 Å². The van der Waals surface area contributed by atoms with Crippen LogP contribution in [0.15, 0.2) is 4.42 Å². The zero-order valence-corrected chi connectivity index (χ0v) is 7.54. The zero-order valence-electron chi connectivity index (χ0n) is 6.79. The van der Waals surface area contributed by atoms with Crippen molar-refractivity contribution in [1.82, 2.24) is 4.98 Å². The number of aliphatic carboxylic acids is 1. The first-order valence-corrected chi connectivity index (χ1v) is 4.41. The highest BCUT2D eigenvalue weighted by Gasteiger charge is 2.28. The summed E-state index contributed by atoms with van der Waals surface area (Å²) in [7, 11) is 0. The third-order valence-corrected chi connectivity index (χ3v) is 2.42. The van der Waals surface area contributed by atoms with E-state index in [4.69, 9.17) is 21.1 Å². The largest absolute Gasteiger partial charge is 0.481 e. The number of carboxylic acid groups (broad SMARTS) is 1. The number of halogens is 1. The summed E-state index contributed by atoms with van der Waals surface area (Å²) in [5.41, 5.74) is 0.808. The van der Waals surface area contributed by atoms with Gasteiger partial charge in [-0.2, -0.15) is 0 Å². The Bertz CT molecular complexity index is 347. The second kappa shape index (κ2) is 3.03. The topological polar surface area (TPSA) is 63.3 Å². The molecule has 13 heavy (non-hydrogen) atoms. The normalized spacial score (nSPS) is 21.2. The molecule has 1 aromatic heterocycles. The zero-order chi connectivity index (χ0) is 9.42. The van der Waals surface area contributed by atoms with E-state index < -0.39 is 5.97 Å². The second-order valence-electron chi connectivity index (χ2n) is 3.11. The number of carboxylic acids is 1. The molecule has 0 saturated heterocycles. The van der Waals surface area contributed by atoms with Gasteiger partial charge in [0, 0.05) is 6.42 Å². The van der Waals surface area contributed by atoms with E-state index in [2.05, 4.69) is 4.98 Å². The van der Waals surface area contributed by atoms with Gasteiger partial charge in [0.15, 0.2) is 0 Å². The number of aryl methyl sites for hydroxylation is 1. The third kappa shape index (κ3) is 1.54. The minimum atomic E-state index is -0.779. The number of nitrogens with zero attached hydrogens (tertiary/aromatic N) is 1. The molecule has 1 aromatic rings. The molecule has 4 nitrogen and oxygen atoms in total. The standard InChI is InChI=1S/C8H8ClNO3/c9-8-10-5-2-1-4(7(11)12)3-6(5)13-8/h4H,1-3H2,(H,11,12). The summed E-state index contributed by atoms with van der Waals surface area (Å²) >= 11 is 5.55. The molecule has 70 valence electrons. The molecular formula is C8H8ClNO3. The fraction of sp³-hybridized carbons (Fsp3) is 0.500. The predicted octanol–water partition coefficient (Wildman–Crippen LogP) is 1.52. The van der Waals surface area contributed by atoms with E-state index in [1.807, 2.05) is 0 Å². The molecule has 0 aromatic carbocycles. The number of fused-ring (bicyclic) bond motifs is 1. The van der Waals surface area contributed by atoms with Gasteiger partial charge in [0.25, 0.3) is 5.35 Å². The summed E-state index contributed by atoms with van der Waals surface area (Å²) in [5, 5.41) is 8.88. The van der Waals surface area contributed by atoms with Crippen molar-refractivity contribution >= 4 is 17.6 Å². The van der Waals surface area contributed by atoms with Gasteiger partial charge in [-0.1, -0.05) is 0 Å². The highest BCUT2D eigenvalue weighted by molar-refractivity contribution is 6.27. The van der Waals surface area contributed by atoms with Crippen LogP contribution in [0.5, 0.6) is 0 Å². The Kier molecular flexibility index (Phi) is 2.00. The van der Waals surface area contributed by atoms with Gasteiger partial charge in [0.05, 0.1) is 11.6 Å². The van der Waals surface area contributed by atoms with Crippen LogP contribution in [0, 0.1) is 5.92 Å². The maximum Gasteiger partial charge on any atom is 0.306 e. The Morgan fingerprint density at radius 3 is 3.15 bits per heavy atom. The van der Waals surface area contributed by atoms with Crippen LogP contribution in [0.25, 0.3) is 0 Å². The minimum absolute atomic E-state index is 0.107. The summed E-state index contributed by atoms with van der Waals surface area (Å²) in [4.78, 5) is 14.6. The quantitative estimate of drug-likeness (QED) is 0.748. The van der Waals surface area contributed by atoms with Crippen molar-refractivity contribution in [3.63, 3.8) is 0 Å². The highest BCUT2D eigenvalue weighted by Crippen LogP contribution is 2.27. The third-order valence-electron chi connectivity index (χ3n) is 2.26. The summed E-state index contributed by atoms with van der Waals surface area (Å²) in [5.74, 6) is -0.502. The van der Waals surface area contributed by atoms with E-state index in [0.29, 0.717) is 25.0 Å². The lowest BCUT2D eigenvalue weighted by Gasteiger charge is -2.15. The first kappa shape index (κ1) is 8.56. The SMILES string of the molecule is O=C(O)C1CCc2nc(Cl)oc2C1. The molecule has 0 amide bonds. The fourth-order valence-electron chi connectivity index (χ4n) is 1.55. The van der Waals surface area contributed by atoms with Gasteiger partial charge in [0.1, 0.15) is 5.76 Å². The van der Waals surface area contributed by atoms with Crippen molar-refractivity contribution in [1.29, 1.82) is 0 Å². The second-order valence-corrected chi connectivity index (χ2v) is 3.44. The predicted molar refractivity (Wildman–Crippen MR) is 44.7 cm³/mol. The monoisotopic (exact) mass is 201 g/mol. The Labute approximate surface area is 79.5 Å². The molecule has 1 heterocycles. The van der Waals surface area contributed by atoms with Crippen molar-refractivity contribution in [3.8, 4) is 0 Å². The molecule has 0 saturated carbocycles. The van der Waals surface area contributed by atoms with E-state index >= 15 is 0 Å². The Hall–Kier alpha value is -1.03. The van der Waals surface area contributed by atoms with Crippen LogP contribution in [0.4, 0.5) is 0 Å². The van der Waals surface area contributed by atoms with E-state index in [0.717, 1.165) is 5.69 Å². The molecule has 5 heteroatoms. The molecule has 1 aliphatic rings. The molecule has 0 bridgehead atoms. The van der Waals surface area contributed by atoms with E-state index in [1.165, 1.54) is 0 Å². The van der Waals surface area contributed by atoms with Crippen LogP contribution in [0.2, 0.25) is 5.35 Å². The average Bonchev–Trinajstić information content (AvgIpc) is 2.42. The van der Waals surface area contributed by atoms with Crippen LogP contribution < -0.4 is 0 Å². The Morgan fingerprint density at radius 1 is 1.69 bits per heavy atom. The number of oxazole rings is 1. The summed E-state index contributed by atoms with van der Waals surface area (Å²) < 4.78 is 5.08. The number of aromatic nitrogens is 1. The lowest BCUT2D eigenvalue weighted by Crippen LogP contribution is -2.21. The van der Waals surface area contributed by atoms with E-state index in [1.54, 1.807) is 0 Å². The van der Waals surface area contributed by atoms with Crippen LogP contribution in [0.3, 0.4) is 0 Å². The van der Waals surface area contributed by atoms with Crippen LogP contribution in [-0.2, 0) is 17.6 Å². The number of rotatable bonds is 1. The summed E-state index contributed by atoms with van der Waals surface area (Å²) in [6.07, 6.45) is 1.66. The van der Waals surface area contributed by atoms with Gasteiger partial charge in [0.2, 0.25) is 0 Å². The number of hydrogen-bond acceptors (Lipinski definition) is 3. The van der Waals surface area contributed by atoms with Crippen molar-refractivity contribution in [2.45, 2.75) is 19.3 Å². The lowest BCUT2D eigenvalue weighted by molar-refractivity contribution is -0.142. The molecular weight excluding hydrogens is 194 g/mol. The van der Waals surface area contributed by atoms with Crippen LogP contribution in [0.1, 0.15) is 17.9 Å². The van der Waals surface area contributed by atoms with Gasteiger partial charge in [-0.25, -0.2) is 4.98 Å².